The molecule has 3 aromatic rings. The molecule has 2 atom stereocenters. The Kier molecular flexibility index (Phi) is 11.3. The minimum Gasteiger partial charge on any atom is -0.482 e. The number of rotatable bonds is 11. The number of likely N-dealkylation sites (tertiary alicyclic amines) is 1. The third-order valence-electron chi connectivity index (χ3n) is 10.3. The van der Waals surface area contributed by atoms with Crippen molar-refractivity contribution in [2.24, 2.45) is 11.3 Å². The number of para-hydroxylation sites is 1. The van der Waals surface area contributed by atoms with Crippen LogP contribution < -0.4 is 9.47 Å². The number of hydrogen-bond acceptors (Lipinski definition) is 8. The lowest BCUT2D eigenvalue weighted by Crippen LogP contribution is -2.52. The number of benzene rings is 3. The summed E-state index contributed by atoms with van der Waals surface area (Å²) in [6.07, 6.45) is 1.89. The smallest absolute Gasteiger partial charge is 0.410 e. The fourth-order valence-electron chi connectivity index (χ4n) is 7.38. The summed E-state index contributed by atoms with van der Waals surface area (Å²) in [7, 11) is -3.56. The molecule has 0 unspecified atom stereocenters. The zero-order valence-electron chi connectivity index (χ0n) is 28.9. The van der Waals surface area contributed by atoms with Crippen molar-refractivity contribution in [3.63, 3.8) is 0 Å². The molecular weight excluding hydrogens is 673 g/mol. The van der Waals surface area contributed by atoms with Crippen molar-refractivity contribution >= 4 is 22.1 Å². The number of hydrogen-bond donors (Lipinski definition) is 1. The molecule has 12 heteroatoms. The van der Waals surface area contributed by atoms with Gasteiger partial charge in [-0.05, 0) is 80.3 Å². The number of carboxylic acids is 1. The van der Waals surface area contributed by atoms with Crippen molar-refractivity contribution in [2.75, 3.05) is 39.4 Å². The maximum absolute atomic E-state index is 13.8. The number of piperidine rings is 2. The third-order valence-corrected chi connectivity index (χ3v) is 12.7. The first kappa shape index (κ1) is 36.4. The maximum atomic E-state index is 13.8. The van der Waals surface area contributed by atoms with Crippen LogP contribution in [0.25, 0.3) is 0 Å². The first-order valence-electron chi connectivity index (χ1n) is 17.5. The molecule has 0 bridgehead atoms. The molecule has 1 N–H and O–H groups in total. The number of aliphatic carboxylic acids is 1. The Bertz CT molecular complexity index is 1790. The zero-order valence-corrected chi connectivity index (χ0v) is 29.8. The standard InChI is InChI=1S/C39H46N2O9S/c1-28(2)34-24-39(27-49-37(34)33-23-31(50-30-11-7-4-8-12-30)13-14-35(33)47-26-36(42)43)17-21-41(22-18-39)51(45,46)32-15-19-40(20-16-32)38(44)48-25-29-9-5-3-6-10-29/h3-14,23,32,34,37H,1,15-22,24-27H2,2H3,(H,42,43)/t34-,37-/m1/s1. The topological polar surface area (TPSA) is 132 Å². The molecule has 11 nitrogen and oxygen atoms in total. The summed E-state index contributed by atoms with van der Waals surface area (Å²) >= 11 is 0. The van der Waals surface area contributed by atoms with Crippen LogP contribution in [-0.4, -0.2) is 79.4 Å². The predicted octanol–water partition coefficient (Wildman–Crippen LogP) is 6.81. The van der Waals surface area contributed by atoms with E-state index in [-0.39, 0.29) is 17.9 Å². The molecule has 0 saturated carbocycles. The number of carbonyl (C=O) groups is 2. The van der Waals surface area contributed by atoms with Gasteiger partial charge in [0.05, 0.1) is 18.0 Å². The van der Waals surface area contributed by atoms with Crippen molar-refractivity contribution in [3.05, 3.63) is 102 Å². The molecule has 3 fully saturated rings. The predicted molar refractivity (Wildman–Crippen MR) is 191 cm³/mol. The summed E-state index contributed by atoms with van der Waals surface area (Å²) in [5.74, 6) is 0.431. The minimum absolute atomic E-state index is 0.118. The van der Waals surface area contributed by atoms with Crippen molar-refractivity contribution in [3.8, 4) is 17.2 Å². The van der Waals surface area contributed by atoms with E-state index in [1.54, 1.807) is 21.3 Å². The van der Waals surface area contributed by atoms with E-state index in [4.69, 9.17) is 18.9 Å². The Morgan fingerprint density at radius 1 is 0.941 bits per heavy atom. The summed E-state index contributed by atoms with van der Waals surface area (Å²) in [4.78, 5) is 25.6. The van der Waals surface area contributed by atoms with E-state index in [1.807, 2.05) is 73.7 Å². The minimum atomic E-state index is -3.56. The molecule has 0 aliphatic carbocycles. The molecule has 3 aliphatic rings. The van der Waals surface area contributed by atoms with Gasteiger partial charge in [0.15, 0.2) is 6.61 Å². The fourth-order valence-corrected chi connectivity index (χ4v) is 9.30. The molecule has 6 rings (SSSR count). The van der Waals surface area contributed by atoms with Crippen LogP contribution in [0.3, 0.4) is 0 Å². The highest BCUT2D eigenvalue weighted by Gasteiger charge is 2.47. The van der Waals surface area contributed by atoms with E-state index in [0.717, 1.165) is 17.6 Å². The monoisotopic (exact) mass is 718 g/mol. The SMILES string of the molecule is C=C(C)[C@H]1CC2(CCN(S(=O)(=O)C3CCN(C(=O)OCc4ccccc4)CC3)CC2)CO[C@@H]1c1cc(Oc2ccccc2)ccc1OCC(=O)O. The van der Waals surface area contributed by atoms with Crippen molar-refractivity contribution in [1.82, 2.24) is 9.21 Å². The molecule has 0 aromatic heterocycles. The van der Waals surface area contributed by atoms with Gasteiger partial charge in [-0.2, -0.15) is 0 Å². The van der Waals surface area contributed by atoms with Crippen LogP contribution in [0.2, 0.25) is 0 Å². The van der Waals surface area contributed by atoms with Crippen molar-refractivity contribution in [1.29, 1.82) is 0 Å². The van der Waals surface area contributed by atoms with Gasteiger partial charge in [0.1, 0.15) is 23.9 Å². The summed E-state index contributed by atoms with van der Waals surface area (Å²) in [5, 5.41) is 8.77. The Morgan fingerprint density at radius 3 is 2.25 bits per heavy atom. The second kappa shape index (κ2) is 15.9. The normalized spacial score (nSPS) is 21.2. The highest BCUT2D eigenvalue weighted by atomic mass is 32.2. The van der Waals surface area contributed by atoms with E-state index in [2.05, 4.69) is 6.58 Å². The fraction of sp³-hybridized carbons (Fsp3) is 0.436. The largest absolute Gasteiger partial charge is 0.482 e. The van der Waals surface area contributed by atoms with Gasteiger partial charge in [0, 0.05) is 37.7 Å². The molecule has 3 saturated heterocycles. The molecule has 1 spiro atoms. The average Bonchev–Trinajstić information content (AvgIpc) is 3.14. The molecule has 3 heterocycles. The number of sulfonamides is 1. The molecule has 272 valence electrons. The van der Waals surface area contributed by atoms with Gasteiger partial charge in [-0.25, -0.2) is 22.3 Å². The van der Waals surface area contributed by atoms with E-state index in [1.165, 1.54) is 0 Å². The van der Waals surface area contributed by atoms with Gasteiger partial charge in [-0.15, -0.1) is 0 Å². The number of amides is 1. The van der Waals surface area contributed by atoms with Crippen molar-refractivity contribution in [2.45, 2.75) is 57.0 Å². The number of carboxylic acid groups (broad SMARTS) is 1. The Balaban J connectivity index is 1.08. The van der Waals surface area contributed by atoms with E-state index in [9.17, 15) is 23.1 Å². The van der Waals surface area contributed by atoms with Gasteiger partial charge in [0.2, 0.25) is 10.0 Å². The summed E-state index contributed by atoms with van der Waals surface area (Å²) in [6.45, 7) is 7.82. The zero-order chi connectivity index (χ0) is 36.0. The van der Waals surface area contributed by atoms with Crippen LogP contribution in [0.5, 0.6) is 17.2 Å². The van der Waals surface area contributed by atoms with Gasteiger partial charge in [-0.1, -0.05) is 60.7 Å². The van der Waals surface area contributed by atoms with Crippen LogP contribution >= 0.6 is 0 Å². The molecule has 51 heavy (non-hydrogen) atoms. The molecule has 0 radical (unpaired) electrons. The second-order valence-corrected chi connectivity index (χ2v) is 16.1. The van der Waals surface area contributed by atoms with Crippen LogP contribution in [0.4, 0.5) is 4.79 Å². The first-order chi connectivity index (χ1) is 24.5. The summed E-state index contributed by atoms with van der Waals surface area (Å²) in [5.41, 5.74) is 2.26. The maximum Gasteiger partial charge on any atom is 0.410 e. The molecule has 1 amide bonds. The second-order valence-electron chi connectivity index (χ2n) is 13.9. The lowest BCUT2D eigenvalue weighted by Gasteiger charge is -2.49. The van der Waals surface area contributed by atoms with Crippen LogP contribution in [-0.2, 0) is 30.9 Å². The van der Waals surface area contributed by atoms with Gasteiger partial charge in [0.25, 0.3) is 0 Å². The lowest BCUT2D eigenvalue weighted by atomic mass is 9.68. The van der Waals surface area contributed by atoms with Crippen molar-refractivity contribution < 1.29 is 42.1 Å². The number of carbonyl (C=O) groups excluding carboxylic acids is 1. The quantitative estimate of drug-likeness (QED) is 0.213. The van der Waals surface area contributed by atoms with Crippen LogP contribution in [0.15, 0.2) is 91.0 Å². The number of ether oxygens (including phenoxy) is 4. The summed E-state index contributed by atoms with van der Waals surface area (Å²) in [6, 6.07) is 24.1. The lowest BCUT2D eigenvalue weighted by molar-refractivity contribution is -0.139. The average molecular weight is 719 g/mol. The van der Waals surface area contributed by atoms with E-state index in [0.29, 0.717) is 81.3 Å². The molecule has 3 aliphatic heterocycles. The summed E-state index contributed by atoms with van der Waals surface area (Å²) < 4.78 is 53.1. The van der Waals surface area contributed by atoms with Crippen LogP contribution in [0.1, 0.15) is 56.3 Å². The third kappa shape index (κ3) is 8.74. The van der Waals surface area contributed by atoms with E-state index >= 15 is 0 Å². The van der Waals surface area contributed by atoms with Gasteiger partial charge in [-0.3, -0.25) is 0 Å². The highest BCUT2D eigenvalue weighted by molar-refractivity contribution is 7.89. The van der Waals surface area contributed by atoms with Gasteiger partial charge >= 0.3 is 12.1 Å². The Morgan fingerprint density at radius 2 is 1.61 bits per heavy atom. The molecular formula is C39H46N2O9S. The highest BCUT2D eigenvalue weighted by Crippen LogP contribution is 2.51. The molecule has 3 aromatic carbocycles. The van der Waals surface area contributed by atoms with Crippen LogP contribution in [0, 0.1) is 11.3 Å². The van der Waals surface area contributed by atoms with E-state index < -0.39 is 40.0 Å². The Hall–Kier alpha value is -4.39. The first-order valence-corrected chi connectivity index (χ1v) is 19.0. The van der Waals surface area contributed by atoms with Gasteiger partial charge < -0.3 is 29.0 Å². The Labute approximate surface area is 299 Å². The number of nitrogens with zero attached hydrogens (tertiary/aromatic N) is 2.